The van der Waals surface area contributed by atoms with Gasteiger partial charge in [0.05, 0.1) is 0 Å². The summed E-state index contributed by atoms with van der Waals surface area (Å²) in [7, 11) is 0. The Bertz CT molecular complexity index is 237. The number of nitrogens with zero attached hydrogens (tertiary/aromatic N) is 1. The summed E-state index contributed by atoms with van der Waals surface area (Å²) in [5.74, 6) is 3.43. The van der Waals surface area contributed by atoms with Crippen LogP contribution in [0.4, 0.5) is 0 Å². The van der Waals surface area contributed by atoms with Crippen LogP contribution in [0, 0.1) is 17.8 Å². The van der Waals surface area contributed by atoms with E-state index >= 15 is 0 Å². The molecule has 0 aromatic carbocycles. The van der Waals surface area contributed by atoms with Crippen molar-refractivity contribution in [3.8, 4) is 0 Å². The van der Waals surface area contributed by atoms with E-state index in [1.165, 1.54) is 25.7 Å². The predicted octanol–water partition coefficient (Wildman–Crippen LogP) is 1.74. The predicted molar refractivity (Wildman–Crippen MR) is 63.7 cm³/mol. The number of guanidine groups is 1. The van der Waals surface area contributed by atoms with Crippen molar-refractivity contribution in [2.45, 2.75) is 39.0 Å². The van der Waals surface area contributed by atoms with Gasteiger partial charge in [-0.05, 0) is 43.4 Å². The molecule has 3 nitrogen and oxygen atoms in total. The molecule has 0 spiro atoms. The zero-order valence-electron chi connectivity index (χ0n) is 9.71. The highest BCUT2D eigenvalue weighted by molar-refractivity contribution is 5.77. The van der Waals surface area contributed by atoms with Gasteiger partial charge in [0.1, 0.15) is 0 Å². The van der Waals surface area contributed by atoms with Gasteiger partial charge in [-0.3, -0.25) is 4.99 Å². The summed E-state index contributed by atoms with van der Waals surface area (Å²) in [5.41, 5.74) is 5.77. The van der Waals surface area contributed by atoms with E-state index in [9.17, 15) is 0 Å². The van der Waals surface area contributed by atoms with Gasteiger partial charge in [-0.1, -0.05) is 13.3 Å². The van der Waals surface area contributed by atoms with Crippen molar-refractivity contribution in [1.82, 2.24) is 5.32 Å². The molecule has 0 radical (unpaired) electrons. The first kappa shape index (κ1) is 10.8. The highest BCUT2D eigenvalue weighted by atomic mass is 15.1. The highest BCUT2D eigenvalue weighted by Crippen LogP contribution is 2.48. The van der Waals surface area contributed by atoms with Gasteiger partial charge in [0.25, 0.3) is 0 Å². The van der Waals surface area contributed by atoms with Gasteiger partial charge in [-0.15, -0.1) is 0 Å². The molecule has 2 aliphatic rings. The molecule has 3 heteroatoms. The Hall–Kier alpha value is -0.730. The van der Waals surface area contributed by atoms with Crippen molar-refractivity contribution in [2.75, 3.05) is 13.1 Å². The Morgan fingerprint density at radius 3 is 2.87 bits per heavy atom. The molecule has 0 saturated heterocycles. The lowest BCUT2D eigenvalue weighted by Crippen LogP contribution is -2.33. The molecule has 2 aliphatic carbocycles. The minimum absolute atomic E-state index is 0.639. The molecule has 0 heterocycles. The molecule has 86 valence electrons. The zero-order chi connectivity index (χ0) is 10.7. The van der Waals surface area contributed by atoms with Crippen LogP contribution in [0.3, 0.4) is 0 Å². The molecule has 3 atom stereocenters. The third kappa shape index (κ3) is 2.64. The van der Waals surface area contributed by atoms with Crippen molar-refractivity contribution >= 4 is 5.96 Å². The average Bonchev–Trinajstić information content (AvgIpc) is 2.84. The zero-order valence-corrected chi connectivity index (χ0v) is 9.71. The molecule has 0 amide bonds. The molecule has 0 aromatic rings. The summed E-state index contributed by atoms with van der Waals surface area (Å²) in [6.45, 7) is 4.02. The van der Waals surface area contributed by atoms with E-state index in [4.69, 9.17) is 5.73 Å². The summed E-state index contributed by atoms with van der Waals surface area (Å²) in [6, 6.07) is 0. The van der Waals surface area contributed by atoms with Crippen LogP contribution < -0.4 is 11.1 Å². The standard InChI is InChI=1S/C12H23N3/c1-2-5-14-12(13)15-8-11-7-9-3-4-10(11)6-9/h9-11H,2-8H2,1H3,(H3,13,14,15). The first-order valence-corrected chi connectivity index (χ1v) is 6.33. The molecular formula is C12H23N3. The fraction of sp³-hybridized carbons (Fsp3) is 0.917. The highest BCUT2D eigenvalue weighted by Gasteiger charge is 2.38. The number of fused-ring (bicyclic) bond motifs is 2. The molecule has 2 fully saturated rings. The van der Waals surface area contributed by atoms with Gasteiger partial charge >= 0.3 is 0 Å². The van der Waals surface area contributed by atoms with Crippen molar-refractivity contribution in [3.63, 3.8) is 0 Å². The topological polar surface area (TPSA) is 50.4 Å². The Morgan fingerprint density at radius 1 is 1.40 bits per heavy atom. The maximum absolute atomic E-state index is 5.77. The van der Waals surface area contributed by atoms with Crippen LogP contribution in [0.2, 0.25) is 0 Å². The SMILES string of the molecule is CCCNC(N)=NCC1CC2CCC1C2. The van der Waals surface area contributed by atoms with E-state index in [1.807, 2.05) is 0 Å². The number of aliphatic imine (C=N–C) groups is 1. The minimum atomic E-state index is 0.639. The Kier molecular flexibility index (Phi) is 3.49. The maximum atomic E-state index is 5.77. The summed E-state index contributed by atoms with van der Waals surface area (Å²) >= 11 is 0. The fourth-order valence-corrected chi connectivity index (χ4v) is 3.12. The van der Waals surface area contributed by atoms with E-state index in [0.29, 0.717) is 5.96 Å². The number of hydrogen-bond donors (Lipinski definition) is 2. The molecular weight excluding hydrogens is 186 g/mol. The van der Waals surface area contributed by atoms with Crippen LogP contribution in [0.15, 0.2) is 4.99 Å². The van der Waals surface area contributed by atoms with Crippen LogP contribution in [0.25, 0.3) is 0 Å². The summed E-state index contributed by atoms with van der Waals surface area (Å²) in [4.78, 5) is 4.45. The molecule has 2 saturated carbocycles. The van der Waals surface area contributed by atoms with Crippen LogP contribution in [-0.2, 0) is 0 Å². The van der Waals surface area contributed by atoms with Crippen molar-refractivity contribution < 1.29 is 0 Å². The lowest BCUT2D eigenvalue weighted by atomic mass is 9.89. The van der Waals surface area contributed by atoms with E-state index in [2.05, 4.69) is 17.2 Å². The summed E-state index contributed by atoms with van der Waals surface area (Å²) < 4.78 is 0. The van der Waals surface area contributed by atoms with Gasteiger partial charge in [-0.25, -0.2) is 0 Å². The Morgan fingerprint density at radius 2 is 2.27 bits per heavy atom. The lowest BCUT2D eigenvalue weighted by Gasteiger charge is -2.19. The van der Waals surface area contributed by atoms with Crippen molar-refractivity contribution in [1.29, 1.82) is 0 Å². The number of hydrogen-bond acceptors (Lipinski definition) is 1. The maximum Gasteiger partial charge on any atom is 0.188 e. The van der Waals surface area contributed by atoms with Gasteiger partial charge in [0, 0.05) is 13.1 Å². The van der Waals surface area contributed by atoms with Crippen LogP contribution >= 0.6 is 0 Å². The first-order valence-electron chi connectivity index (χ1n) is 6.33. The molecule has 3 N–H and O–H groups in total. The Labute approximate surface area is 92.5 Å². The lowest BCUT2D eigenvalue weighted by molar-refractivity contribution is 0.341. The fourth-order valence-electron chi connectivity index (χ4n) is 3.12. The van der Waals surface area contributed by atoms with Crippen molar-refractivity contribution in [3.05, 3.63) is 0 Å². The number of nitrogens with one attached hydrogen (secondary N) is 1. The second kappa shape index (κ2) is 4.86. The van der Waals surface area contributed by atoms with Crippen molar-refractivity contribution in [2.24, 2.45) is 28.5 Å². The number of rotatable bonds is 4. The third-order valence-corrected chi connectivity index (χ3v) is 3.94. The second-order valence-corrected chi connectivity index (χ2v) is 5.09. The van der Waals surface area contributed by atoms with E-state index in [1.54, 1.807) is 0 Å². The summed E-state index contributed by atoms with van der Waals surface area (Å²) in [6.07, 6.45) is 6.86. The largest absolute Gasteiger partial charge is 0.370 e. The molecule has 15 heavy (non-hydrogen) atoms. The van der Waals surface area contributed by atoms with E-state index in [-0.39, 0.29) is 0 Å². The van der Waals surface area contributed by atoms with Gasteiger partial charge < -0.3 is 11.1 Å². The Balaban J connectivity index is 1.73. The molecule has 0 aromatic heterocycles. The monoisotopic (exact) mass is 209 g/mol. The molecule has 2 rings (SSSR count). The van der Waals surface area contributed by atoms with Gasteiger partial charge in [0.2, 0.25) is 0 Å². The van der Waals surface area contributed by atoms with Crippen LogP contribution in [0.1, 0.15) is 39.0 Å². The number of nitrogens with two attached hydrogens (primary N) is 1. The quantitative estimate of drug-likeness (QED) is 0.547. The first-order chi connectivity index (χ1) is 7.29. The van der Waals surface area contributed by atoms with Gasteiger partial charge in [0.15, 0.2) is 5.96 Å². The smallest absolute Gasteiger partial charge is 0.188 e. The molecule has 3 unspecified atom stereocenters. The normalized spacial score (nSPS) is 34.7. The third-order valence-electron chi connectivity index (χ3n) is 3.94. The van der Waals surface area contributed by atoms with Crippen LogP contribution in [0.5, 0.6) is 0 Å². The van der Waals surface area contributed by atoms with Gasteiger partial charge in [-0.2, -0.15) is 0 Å². The molecule has 2 bridgehead atoms. The second-order valence-electron chi connectivity index (χ2n) is 5.09. The molecule has 0 aliphatic heterocycles. The van der Waals surface area contributed by atoms with E-state index in [0.717, 1.165) is 37.3 Å². The minimum Gasteiger partial charge on any atom is -0.370 e. The van der Waals surface area contributed by atoms with E-state index < -0.39 is 0 Å². The van der Waals surface area contributed by atoms with Crippen LogP contribution in [-0.4, -0.2) is 19.0 Å². The summed E-state index contributed by atoms with van der Waals surface area (Å²) in [5, 5.41) is 3.13. The average molecular weight is 209 g/mol.